The number of ether oxygens (including phenoxy) is 4. The number of cyclic esters (lactones) is 2. The van der Waals surface area contributed by atoms with Crippen LogP contribution in [0.15, 0.2) is 48.7 Å². The summed E-state index contributed by atoms with van der Waals surface area (Å²) in [4.78, 5) is 29.0. The van der Waals surface area contributed by atoms with E-state index in [9.17, 15) is 9.59 Å². The first-order valence-electron chi connectivity index (χ1n) is 9.34. The van der Waals surface area contributed by atoms with Gasteiger partial charge in [0.2, 0.25) is 6.79 Å². The molecule has 3 heterocycles. The average Bonchev–Trinajstić information content (AvgIpc) is 3.30. The Labute approximate surface area is 166 Å². The highest BCUT2D eigenvalue weighted by molar-refractivity contribution is 5.99. The van der Waals surface area contributed by atoms with Gasteiger partial charge in [-0.25, -0.2) is 0 Å². The lowest BCUT2D eigenvalue weighted by molar-refractivity contribution is -0.240. The number of aromatic nitrogens is 1. The fourth-order valence-electron chi connectivity index (χ4n) is 4.01. The SMILES string of the molecule is CC1(C)OC(=O)C(C(c2ccc3c(c2)OCO3)c2c[nH]c3ccccc23)C(=O)O1. The van der Waals surface area contributed by atoms with Gasteiger partial charge in [0.15, 0.2) is 17.4 Å². The molecule has 2 aliphatic rings. The molecule has 1 N–H and O–H groups in total. The number of esters is 2. The summed E-state index contributed by atoms with van der Waals surface area (Å²) in [5.74, 6) is -3.06. The third kappa shape index (κ3) is 2.90. The Morgan fingerprint density at radius 2 is 1.72 bits per heavy atom. The summed E-state index contributed by atoms with van der Waals surface area (Å²) < 4.78 is 21.7. The second-order valence-electron chi connectivity index (χ2n) is 7.60. The maximum Gasteiger partial charge on any atom is 0.324 e. The van der Waals surface area contributed by atoms with E-state index in [1.54, 1.807) is 26.0 Å². The number of aromatic amines is 1. The first-order valence-corrected chi connectivity index (χ1v) is 9.34. The summed E-state index contributed by atoms with van der Waals surface area (Å²) in [6.45, 7) is 3.22. The molecule has 0 aliphatic carbocycles. The highest BCUT2D eigenvalue weighted by atomic mass is 16.7. The van der Waals surface area contributed by atoms with E-state index in [-0.39, 0.29) is 6.79 Å². The number of H-pyrrole nitrogens is 1. The van der Waals surface area contributed by atoms with Gasteiger partial charge < -0.3 is 23.9 Å². The summed E-state index contributed by atoms with van der Waals surface area (Å²) in [7, 11) is 0. The number of para-hydroxylation sites is 1. The third-order valence-corrected chi connectivity index (χ3v) is 5.25. The topological polar surface area (TPSA) is 86.9 Å². The van der Waals surface area contributed by atoms with Crippen molar-refractivity contribution in [3.05, 3.63) is 59.8 Å². The lowest BCUT2D eigenvalue weighted by Crippen LogP contribution is -2.48. The van der Waals surface area contributed by atoms with Crippen LogP contribution >= 0.6 is 0 Å². The molecule has 148 valence electrons. The molecule has 0 amide bonds. The summed E-state index contributed by atoms with van der Waals surface area (Å²) in [5, 5.41) is 0.917. The largest absolute Gasteiger partial charge is 0.454 e. The number of nitrogens with one attached hydrogen (secondary N) is 1. The average molecular weight is 393 g/mol. The number of fused-ring (bicyclic) bond motifs is 2. The van der Waals surface area contributed by atoms with E-state index in [1.807, 2.05) is 36.5 Å². The third-order valence-electron chi connectivity index (χ3n) is 5.25. The first kappa shape index (κ1) is 17.6. The maximum atomic E-state index is 12.9. The molecular weight excluding hydrogens is 374 g/mol. The van der Waals surface area contributed by atoms with Gasteiger partial charge in [-0.2, -0.15) is 0 Å². The van der Waals surface area contributed by atoms with Crippen molar-refractivity contribution in [2.45, 2.75) is 25.6 Å². The van der Waals surface area contributed by atoms with Crippen molar-refractivity contribution in [2.24, 2.45) is 5.92 Å². The normalized spacial score (nSPS) is 19.1. The molecule has 7 heteroatoms. The molecule has 3 aromatic rings. The standard InChI is InChI=1S/C22H19NO6/c1-22(2)28-20(24)19(21(25)29-22)18(12-7-8-16-17(9-12)27-11-26-16)14-10-23-15-6-4-3-5-13(14)15/h3-10,18-19,23H,11H2,1-2H3. The van der Waals surface area contributed by atoms with E-state index in [4.69, 9.17) is 18.9 Å². The van der Waals surface area contributed by atoms with Crippen LogP contribution in [0.5, 0.6) is 11.5 Å². The predicted molar refractivity (Wildman–Crippen MR) is 102 cm³/mol. The van der Waals surface area contributed by atoms with Gasteiger partial charge in [0.05, 0.1) is 0 Å². The number of carbonyl (C=O) groups excluding carboxylic acids is 2. The molecule has 0 bridgehead atoms. The van der Waals surface area contributed by atoms with Crippen LogP contribution in [0, 0.1) is 5.92 Å². The zero-order valence-electron chi connectivity index (χ0n) is 15.9. The molecule has 1 unspecified atom stereocenters. The fourth-order valence-corrected chi connectivity index (χ4v) is 4.01. The van der Waals surface area contributed by atoms with Crippen molar-refractivity contribution in [3.8, 4) is 11.5 Å². The molecule has 1 fully saturated rings. The van der Waals surface area contributed by atoms with Crippen LogP contribution < -0.4 is 9.47 Å². The van der Waals surface area contributed by atoms with Gasteiger partial charge >= 0.3 is 11.9 Å². The van der Waals surface area contributed by atoms with Crippen molar-refractivity contribution in [2.75, 3.05) is 6.79 Å². The van der Waals surface area contributed by atoms with Crippen molar-refractivity contribution in [1.29, 1.82) is 0 Å². The van der Waals surface area contributed by atoms with E-state index in [0.29, 0.717) is 11.5 Å². The Morgan fingerprint density at radius 3 is 2.52 bits per heavy atom. The van der Waals surface area contributed by atoms with Crippen LogP contribution in [0.1, 0.15) is 30.9 Å². The summed E-state index contributed by atoms with van der Waals surface area (Å²) in [5.41, 5.74) is 2.45. The summed E-state index contributed by atoms with van der Waals surface area (Å²) >= 11 is 0. The molecule has 1 aromatic heterocycles. The number of hydrogen-bond acceptors (Lipinski definition) is 6. The van der Waals surface area contributed by atoms with Crippen LogP contribution in [-0.2, 0) is 19.1 Å². The second kappa shape index (κ2) is 6.27. The molecule has 5 rings (SSSR count). The van der Waals surface area contributed by atoms with E-state index < -0.39 is 29.6 Å². The Morgan fingerprint density at radius 1 is 1.00 bits per heavy atom. The monoisotopic (exact) mass is 393 g/mol. The Kier molecular flexibility index (Phi) is 3.81. The Hall–Kier alpha value is -3.48. The molecule has 1 atom stereocenters. The molecule has 29 heavy (non-hydrogen) atoms. The molecule has 1 saturated heterocycles. The van der Waals surface area contributed by atoms with Gasteiger partial charge in [-0.3, -0.25) is 9.59 Å². The van der Waals surface area contributed by atoms with Crippen LogP contribution in [0.4, 0.5) is 0 Å². The Balaban J connectivity index is 1.68. The Bertz CT molecular complexity index is 1110. The maximum absolute atomic E-state index is 12.9. The minimum absolute atomic E-state index is 0.137. The van der Waals surface area contributed by atoms with E-state index in [1.165, 1.54) is 0 Å². The van der Waals surface area contributed by atoms with Crippen LogP contribution in [-0.4, -0.2) is 29.5 Å². The minimum atomic E-state index is -1.29. The molecule has 0 saturated carbocycles. The quantitative estimate of drug-likeness (QED) is 0.542. The van der Waals surface area contributed by atoms with Crippen molar-refractivity contribution >= 4 is 22.8 Å². The van der Waals surface area contributed by atoms with Crippen molar-refractivity contribution in [1.82, 2.24) is 4.98 Å². The van der Waals surface area contributed by atoms with Crippen molar-refractivity contribution in [3.63, 3.8) is 0 Å². The summed E-state index contributed by atoms with van der Waals surface area (Å²) in [6.07, 6.45) is 1.82. The van der Waals surface area contributed by atoms with E-state index in [2.05, 4.69) is 4.98 Å². The van der Waals surface area contributed by atoms with Gasteiger partial charge in [-0.05, 0) is 29.3 Å². The zero-order valence-corrected chi connectivity index (χ0v) is 15.9. The number of carbonyl (C=O) groups is 2. The zero-order chi connectivity index (χ0) is 20.2. The lowest BCUT2D eigenvalue weighted by atomic mass is 9.80. The highest BCUT2D eigenvalue weighted by Crippen LogP contribution is 2.43. The van der Waals surface area contributed by atoms with E-state index in [0.717, 1.165) is 22.0 Å². The number of rotatable bonds is 3. The van der Waals surface area contributed by atoms with Gasteiger partial charge in [-0.15, -0.1) is 0 Å². The molecule has 0 radical (unpaired) electrons. The van der Waals surface area contributed by atoms with Crippen LogP contribution in [0.2, 0.25) is 0 Å². The molecule has 2 aromatic carbocycles. The fraction of sp³-hybridized carbons (Fsp3) is 0.273. The molecular formula is C22H19NO6. The molecule has 0 spiro atoms. The highest BCUT2D eigenvalue weighted by Gasteiger charge is 2.48. The van der Waals surface area contributed by atoms with Crippen LogP contribution in [0.3, 0.4) is 0 Å². The number of benzene rings is 2. The van der Waals surface area contributed by atoms with Crippen molar-refractivity contribution < 1.29 is 28.5 Å². The summed E-state index contributed by atoms with van der Waals surface area (Å²) in [6, 6.07) is 13.1. The predicted octanol–water partition coefficient (Wildman–Crippen LogP) is 3.48. The first-order chi connectivity index (χ1) is 13.9. The second-order valence-corrected chi connectivity index (χ2v) is 7.60. The van der Waals surface area contributed by atoms with Crippen LogP contribution in [0.25, 0.3) is 10.9 Å². The van der Waals surface area contributed by atoms with Gasteiger partial charge in [-0.1, -0.05) is 24.3 Å². The number of hydrogen-bond donors (Lipinski definition) is 1. The minimum Gasteiger partial charge on any atom is -0.454 e. The van der Waals surface area contributed by atoms with Gasteiger partial charge in [0.1, 0.15) is 0 Å². The smallest absolute Gasteiger partial charge is 0.324 e. The van der Waals surface area contributed by atoms with Gasteiger partial charge in [0, 0.05) is 36.9 Å². The van der Waals surface area contributed by atoms with Gasteiger partial charge in [0.25, 0.3) is 5.79 Å². The lowest BCUT2D eigenvalue weighted by Gasteiger charge is -2.36. The molecule has 2 aliphatic heterocycles. The van der Waals surface area contributed by atoms with E-state index >= 15 is 0 Å². The molecule has 7 nitrogen and oxygen atoms in total.